The van der Waals surface area contributed by atoms with Crippen LogP contribution >= 0.6 is 0 Å². The molecule has 1 atom stereocenters. The van der Waals surface area contributed by atoms with Crippen LogP contribution in [0.25, 0.3) is 0 Å². The Kier molecular flexibility index (Phi) is 2.75. The molecule has 15 heavy (non-hydrogen) atoms. The molecule has 1 heterocycles. The number of hydrogen-bond acceptors (Lipinski definition) is 3. The number of anilines is 2. The Bertz CT molecular complexity index is 445. The van der Waals surface area contributed by atoms with Crippen LogP contribution in [0.5, 0.6) is 0 Å². The van der Waals surface area contributed by atoms with Gasteiger partial charge in [-0.25, -0.2) is 13.6 Å². The molecular weight excluding hydrogens is 216 g/mol. The second-order valence-corrected chi connectivity index (χ2v) is 3.50. The summed E-state index contributed by atoms with van der Waals surface area (Å²) in [4.78, 5) is 3.82. The van der Waals surface area contributed by atoms with Gasteiger partial charge in [-0.1, -0.05) is 18.2 Å². The van der Waals surface area contributed by atoms with Gasteiger partial charge >= 0.3 is 0 Å². The van der Waals surface area contributed by atoms with Gasteiger partial charge in [0.2, 0.25) is 5.95 Å². The number of rotatable bonds is 3. The third-order valence-electron chi connectivity index (χ3n) is 1.74. The van der Waals surface area contributed by atoms with E-state index in [1.165, 1.54) is 6.33 Å². The molecule has 6 nitrogen and oxygen atoms in total. The SMILES string of the molecule is O=S(O)N(c1ccccc1)c1ncn[nH]1. The average molecular weight is 224 g/mol. The van der Waals surface area contributed by atoms with Crippen molar-refractivity contribution in [2.24, 2.45) is 0 Å². The summed E-state index contributed by atoms with van der Waals surface area (Å²) in [6, 6.07) is 8.77. The molecule has 1 aromatic heterocycles. The predicted molar refractivity (Wildman–Crippen MR) is 55.7 cm³/mol. The van der Waals surface area contributed by atoms with Crippen molar-refractivity contribution >= 4 is 22.9 Å². The second-order valence-electron chi connectivity index (χ2n) is 2.67. The molecular formula is C8H8N4O2S. The van der Waals surface area contributed by atoms with E-state index in [2.05, 4.69) is 15.2 Å². The molecule has 0 aliphatic rings. The molecule has 0 bridgehead atoms. The van der Waals surface area contributed by atoms with Crippen molar-refractivity contribution in [3.05, 3.63) is 36.7 Å². The second kappa shape index (κ2) is 4.20. The lowest BCUT2D eigenvalue weighted by molar-refractivity contribution is 0.563. The molecule has 1 aromatic carbocycles. The van der Waals surface area contributed by atoms with Crippen molar-refractivity contribution in [3.63, 3.8) is 0 Å². The smallest absolute Gasteiger partial charge is 0.269 e. The standard InChI is InChI=1S/C8H8N4O2S/c13-15(14)12(8-9-6-10-11-8)7-4-2-1-3-5-7/h1-6H,(H,13,14)(H,9,10,11). The highest BCUT2D eigenvalue weighted by Gasteiger charge is 2.16. The van der Waals surface area contributed by atoms with Crippen molar-refractivity contribution in [1.82, 2.24) is 15.2 Å². The van der Waals surface area contributed by atoms with Crippen molar-refractivity contribution < 1.29 is 8.76 Å². The zero-order chi connectivity index (χ0) is 10.7. The highest BCUT2D eigenvalue weighted by Crippen LogP contribution is 2.21. The molecule has 0 saturated carbocycles. The van der Waals surface area contributed by atoms with E-state index in [-0.39, 0.29) is 5.95 Å². The summed E-state index contributed by atoms with van der Waals surface area (Å²) < 4.78 is 21.4. The van der Waals surface area contributed by atoms with Crippen molar-refractivity contribution in [3.8, 4) is 0 Å². The molecule has 0 radical (unpaired) electrons. The number of nitrogens with one attached hydrogen (secondary N) is 1. The van der Waals surface area contributed by atoms with Crippen LogP contribution in [0.1, 0.15) is 0 Å². The Balaban J connectivity index is 2.42. The van der Waals surface area contributed by atoms with Crippen molar-refractivity contribution in [1.29, 1.82) is 0 Å². The molecule has 2 aromatic rings. The number of nitrogens with zero attached hydrogens (tertiary/aromatic N) is 3. The summed E-state index contributed by atoms with van der Waals surface area (Å²) >= 11 is -2.18. The van der Waals surface area contributed by atoms with E-state index in [0.717, 1.165) is 4.31 Å². The molecule has 78 valence electrons. The highest BCUT2D eigenvalue weighted by molar-refractivity contribution is 7.81. The van der Waals surface area contributed by atoms with Gasteiger partial charge in [-0.3, -0.25) is 4.55 Å². The Hall–Kier alpha value is -1.73. The van der Waals surface area contributed by atoms with Gasteiger partial charge in [0.05, 0.1) is 5.69 Å². The fraction of sp³-hybridized carbons (Fsp3) is 0. The third kappa shape index (κ3) is 2.03. The molecule has 2 N–H and O–H groups in total. The summed E-state index contributed by atoms with van der Waals surface area (Å²) in [6.07, 6.45) is 1.28. The zero-order valence-corrected chi connectivity index (χ0v) is 8.39. The minimum Gasteiger partial charge on any atom is -0.289 e. The Morgan fingerprint density at radius 1 is 1.33 bits per heavy atom. The normalized spacial score (nSPS) is 12.3. The highest BCUT2D eigenvalue weighted by atomic mass is 32.2. The van der Waals surface area contributed by atoms with Crippen LogP contribution in [0.4, 0.5) is 11.6 Å². The molecule has 0 aliphatic heterocycles. The van der Waals surface area contributed by atoms with E-state index in [4.69, 9.17) is 4.55 Å². The van der Waals surface area contributed by atoms with Gasteiger partial charge in [0.25, 0.3) is 11.3 Å². The summed E-state index contributed by atoms with van der Waals surface area (Å²) in [5.74, 6) is 0.224. The summed E-state index contributed by atoms with van der Waals surface area (Å²) in [5.41, 5.74) is 0.565. The topological polar surface area (TPSA) is 82.1 Å². The predicted octanol–water partition coefficient (Wildman–Crippen LogP) is 1.08. The first kappa shape index (κ1) is 9.81. The Morgan fingerprint density at radius 3 is 2.60 bits per heavy atom. The van der Waals surface area contributed by atoms with Crippen LogP contribution in [-0.4, -0.2) is 23.9 Å². The molecule has 0 spiro atoms. The number of aromatic nitrogens is 3. The van der Waals surface area contributed by atoms with E-state index < -0.39 is 11.3 Å². The first-order chi connectivity index (χ1) is 7.29. The van der Waals surface area contributed by atoms with Gasteiger partial charge in [-0.2, -0.15) is 10.1 Å². The Labute approximate surface area is 88.4 Å². The number of benzene rings is 1. The maximum Gasteiger partial charge on any atom is 0.269 e. The number of hydrogen-bond donors (Lipinski definition) is 2. The van der Waals surface area contributed by atoms with Gasteiger partial charge in [-0.05, 0) is 12.1 Å². The molecule has 1 unspecified atom stereocenters. The maximum absolute atomic E-state index is 11.1. The van der Waals surface area contributed by atoms with Crippen LogP contribution in [0, 0.1) is 0 Å². The van der Waals surface area contributed by atoms with Crippen LogP contribution < -0.4 is 4.31 Å². The monoisotopic (exact) mass is 224 g/mol. The zero-order valence-electron chi connectivity index (χ0n) is 7.57. The van der Waals surface area contributed by atoms with E-state index >= 15 is 0 Å². The Morgan fingerprint density at radius 2 is 2.07 bits per heavy atom. The van der Waals surface area contributed by atoms with Crippen LogP contribution in [0.2, 0.25) is 0 Å². The summed E-state index contributed by atoms with van der Waals surface area (Å²) in [5, 5.41) is 6.16. The third-order valence-corrected chi connectivity index (χ3v) is 2.44. The lowest BCUT2D eigenvalue weighted by Gasteiger charge is -2.15. The number of para-hydroxylation sites is 1. The quantitative estimate of drug-likeness (QED) is 0.764. The van der Waals surface area contributed by atoms with Crippen molar-refractivity contribution in [2.75, 3.05) is 4.31 Å². The largest absolute Gasteiger partial charge is 0.289 e. The van der Waals surface area contributed by atoms with E-state index in [0.29, 0.717) is 5.69 Å². The van der Waals surface area contributed by atoms with Crippen molar-refractivity contribution in [2.45, 2.75) is 0 Å². The molecule has 0 fully saturated rings. The maximum atomic E-state index is 11.1. The van der Waals surface area contributed by atoms with Crippen LogP contribution in [0.15, 0.2) is 36.7 Å². The summed E-state index contributed by atoms with van der Waals surface area (Å²) in [7, 11) is 0. The first-order valence-corrected chi connectivity index (χ1v) is 5.17. The molecule has 2 rings (SSSR count). The fourth-order valence-electron chi connectivity index (χ4n) is 1.15. The van der Waals surface area contributed by atoms with Crippen LogP contribution in [0.3, 0.4) is 0 Å². The molecule has 0 aliphatic carbocycles. The lowest BCUT2D eigenvalue weighted by atomic mass is 10.3. The molecule has 0 saturated heterocycles. The van der Waals surface area contributed by atoms with E-state index in [1.807, 2.05) is 6.07 Å². The molecule has 0 amide bonds. The number of H-pyrrole nitrogens is 1. The summed E-state index contributed by atoms with van der Waals surface area (Å²) in [6.45, 7) is 0. The van der Waals surface area contributed by atoms with Crippen LogP contribution in [-0.2, 0) is 11.3 Å². The average Bonchev–Trinajstić information content (AvgIpc) is 2.72. The van der Waals surface area contributed by atoms with Gasteiger partial charge < -0.3 is 0 Å². The minimum atomic E-state index is -2.18. The lowest BCUT2D eigenvalue weighted by Crippen LogP contribution is -2.20. The van der Waals surface area contributed by atoms with Gasteiger partial charge in [0.15, 0.2) is 0 Å². The minimum absolute atomic E-state index is 0.224. The van der Waals surface area contributed by atoms with E-state index in [9.17, 15) is 4.21 Å². The van der Waals surface area contributed by atoms with Gasteiger partial charge in [0, 0.05) is 0 Å². The molecule has 7 heteroatoms. The van der Waals surface area contributed by atoms with E-state index in [1.54, 1.807) is 24.3 Å². The first-order valence-electron chi connectivity index (χ1n) is 4.10. The fourth-order valence-corrected chi connectivity index (χ4v) is 1.68. The number of aromatic amines is 1. The van der Waals surface area contributed by atoms with Gasteiger partial charge in [0.1, 0.15) is 6.33 Å². The van der Waals surface area contributed by atoms with Gasteiger partial charge in [-0.15, -0.1) is 0 Å².